The van der Waals surface area contributed by atoms with Crippen LogP contribution < -0.4 is 0 Å². The van der Waals surface area contributed by atoms with E-state index in [1.165, 1.54) is 0 Å². The van der Waals surface area contributed by atoms with Crippen molar-refractivity contribution in [2.45, 2.75) is 0 Å². The molecule has 6 rings (SSSR count). The zero-order valence-corrected chi connectivity index (χ0v) is 15.2. The largest absolute Gasteiger partial charge is 0.345 e. The minimum absolute atomic E-state index is 0.684. The molecule has 29 heavy (non-hydrogen) atoms. The van der Waals surface area contributed by atoms with Crippen LogP contribution in [0.25, 0.3) is 55.4 Å². The predicted molar refractivity (Wildman–Crippen MR) is 113 cm³/mol. The van der Waals surface area contributed by atoms with E-state index in [0.29, 0.717) is 5.82 Å². The Balaban J connectivity index is 1.46. The van der Waals surface area contributed by atoms with Crippen LogP contribution in [0.5, 0.6) is 0 Å². The normalized spacial score (nSPS) is 11.4. The number of benzene rings is 2. The Morgan fingerprint density at radius 3 is 2.59 bits per heavy atom. The van der Waals surface area contributed by atoms with E-state index in [4.69, 9.17) is 4.98 Å². The molecule has 0 spiro atoms. The first-order chi connectivity index (χ1) is 14.3. The third kappa shape index (κ3) is 2.62. The van der Waals surface area contributed by atoms with Gasteiger partial charge in [-0.05, 0) is 42.0 Å². The summed E-state index contributed by atoms with van der Waals surface area (Å²) in [5.74, 6) is 0.684. The second-order valence-corrected chi connectivity index (χ2v) is 6.87. The van der Waals surface area contributed by atoms with Crippen LogP contribution in [0, 0.1) is 0 Å². The molecule has 4 aromatic heterocycles. The van der Waals surface area contributed by atoms with Crippen molar-refractivity contribution in [3.05, 3.63) is 79.6 Å². The lowest BCUT2D eigenvalue weighted by atomic mass is 10.0. The van der Waals surface area contributed by atoms with Crippen LogP contribution in [0.4, 0.5) is 0 Å². The molecule has 0 aliphatic rings. The van der Waals surface area contributed by atoms with Crippen molar-refractivity contribution in [3.8, 4) is 22.5 Å². The molecule has 0 bridgehead atoms. The van der Waals surface area contributed by atoms with Crippen LogP contribution in [0.1, 0.15) is 0 Å². The Hall–Kier alpha value is -4.19. The highest BCUT2D eigenvalue weighted by molar-refractivity contribution is 5.96. The molecule has 1 N–H and O–H groups in total. The number of nitrogens with one attached hydrogen (secondary N) is 1. The summed E-state index contributed by atoms with van der Waals surface area (Å²) < 4.78 is 0. The molecule has 136 valence electrons. The average molecular weight is 374 g/mol. The number of hydrogen-bond donors (Lipinski definition) is 1. The van der Waals surface area contributed by atoms with Crippen molar-refractivity contribution in [1.82, 2.24) is 29.9 Å². The van der Waals surface area contributed by atoms with Crippen LogP contribution in [0.15, 0.2) is 79.6 Å². The summed E-state index contributed by atoms with van der Waals surface area (Å²) in [6.45, 7) is 0. The average Bonchev–Trinajstić information content (AvgIpc) is 3.22. The Morgan fingerprint density at radius 1 is 0.759 bits per heavy atom. The van der Waals surface area contributed by atoms with Crippen LogP contribution in [-0.2, 0) is 0 Å². The summed E-state index contributed by atoms with van der Waals surface area (Å²) in [7, 11) is 0. The first kappa shape index (κ1) is 15.8. The molecule has 6 aromatic rings. The van der Waals surface area contributed by atoms with E-state index in [2.05, 4.69) is 43.1 Å². The molecular weight excluding hydrogens is 360 g/mol. The second kappa shape index (κ2) is 6.17. The van der Waals surface area contributed by atoms with E-state index in [0.717, 1.165) is 49.5 Å². The van der Waals surface area contributed by atoms with Crippen LogP contribution >= 0.6 is 0 Å². The zero-order chi connectivity index (χ0) is 19.2. The zero-order valence-electron chi connectivity index (χ0n) is 15.2. The van der Waals surface area contributed by atoms with Crippen LogP contribution in [-0.4, -0.2) is 29.9 Å². The number of nitrogens with zero attached hydrogens (tertiary/aromatic N) is 5. The fraction of sp³-hybridized carbons (Fsp3) is 0. The summed E-state index contributed by atoms with van der Waals surface area (Å²) in [5, 5.41) is 3.05. The fourth-order valence-corrected chi connectivity index (χ4v) is 3.65. The van der Waals surface area contributed by atoms with Gasteiger partial charge in [0.15, 0.2) is 5.82 Å². The van der Waals surface area contributed by atoms with Gasteiger partial charge < -0.3 is 4.98 Å². The first-order valence-corrected chi connectivity index (χ1v) is 9.25. The number of aromatic nitrogens is 6. The van der Waals surface area contributed by atoms with Gasteiger partial charge in [0.25, 0.3) is 0 Å². The minimum atomic E-state index is 0.684. The topological polar surface area (TPSA) is 80.2 Å². The Labute approximate surface area is 165 Å². The fourth-order valence-electron chi connectivity index (χ4n) is 3.65. The third-order valence-electron chi connectivity index (χ3n) is 5.11. The molecule has 0 atom stereocenters. The van der Waals surface area contributed by atoms with Crippen molar-refractivity contribution >= 4 is 32.8 Å². The number of rotatable bonds is 2. The van der Waals surface area contributed by atoms with Gasteiger partial charge in [-0.15, -0.1) is 0 Å². The highest BCUT2D eigenvalue weighted by Gasteiger charge is 2.11. The van der Waals surface area contributed by atoms with Gasteiger partial charge in [-0.1, -0.05) is 12.1 Å². The lowest BCUT2D eigenvalue weighted by Gasteiger charge is -2.04. The Bertz CT molecular complexity index is 1520. The molecule has 4 heterocycles. The van der Waals surface area contributed by atoms with E-state index in [9.17, 15) is 0 Å². The summed E-state index contributed by atoms with van der Waals surface area (Å²) in [4.78, 5) is 25.4. The van der Waals surface area contributed by atoms with Crippen molar-refractivity contribution in [1.29, 1.82) is 0 Å². The number of fused-ring (bicyclic) bond motifs is 3. The van der Waals surface area contributed by atoms with Gasteiger partial charge in [0.1, 0.15) is 12.0 Å². The van der Waals surface area contributed by atoms with Crippen LogP contribution in [0.2, 0.25) is 0 Å². The van der Waals surface area contributed by atoms with Gasteiger partial charge in [0.05, 0.1) is 11.0 Å². The van der Waals surface area contributed by atoms with Gasteiger partial charge in [0, 0.05) is 52.1 Å². The summed E-state index contributed by atoms with van der Waals surface area (Å²) in [5.41, 5.74) is 5.78. The first-order valence-electron chi connectivity index (χ1n) is 9.25. The lowest BCUT2D eigenvalue weighted by molar-refractivity contribution is 1.21. The van der Waals surface area contributed by atoms with Crippen molar-refractivity contribution in [2.24, 2.45) is 0 Å². The molecule has 2 aromatic carbocycles. The Morgan fingerprint density at radius 2 is 1.62 bits per heavy atom. The maximum Gasteiger partial charge on any atom is 0.161 e. The predicted octanol–water partition coefficient (Wildman–Crippen LogP) is 4.78. The molecule has 0 amide bonds. The standard InChI is InChI=1S/C23H14N6/c1-2-15-9-16(4-6-20(15)25-7-1)22-26-12-19-18(11-27-23(19)29-22)14-3-5-21-17(8-14)10-24-13-28-21/h1-13H,(H,26,27,29). The van der Waals surface area contributed by atoms with E-state index in [-0.39, 0.29) is 0 Å². The molecule has 0 unspecified atom stereocenters. The lowest BCUT2D eigenvalue weighted by Crippen LogP contribution is -1.90. The Kier molecular flexibility index (Phi) is 3.37. The quantitative estimate of drug-likeness (QED) is 0.472. The van der Waals surface area contributed by atoms with E-state index in [1.54, 1.807) is 12.5 Å². The number of pyridine rings is 1. The maximum absolute atomic E-state index is 4.75. The van der Waals surface area contributed by atoms with E-state index in [1.807, 2.05) is 48.9 Å². The summed E-state index contributed by atoms with van der Waals surface area (Å²) >= 11 is 0. The molecule has 0 saturated heterocycles. The number of H-pyrrole nitrogens is 1. The number of hydrogen-bond acceptors (Lipinski definition) is 5. The van der Waals surface area contributed by atoms with Gasteiger partial charge in [-0.25, -0.2) is 19.9 Å². The third-order valence-corrected chi connectivity index (χ3v) is 5.11. The molecule has 0 fully saturated rings. The number of aromatic amines is 1. The molecular formula is C23H14N6. The van der Waals surface area contributed by atoms with Gasteiger partial charge >= 0.3 is 0 Å². The monoisotopic (exact) mass is 374 g/mol. The highest BCUT2D eigenvalue weighted by atomic mass is 14.9. The molecule has 6 heteroatoms. The highest BCUT2D eigenvalue weighted by Crippen LogP contribution is 2.30. The van der Waals surface area contributed by atoms with Crippen molar-refractivity contribution < 1.29 is 0 Å². The van der Waals surface area contributed by atoms with Gasteiger partial charge in [-0.2, -0.15) is 0 Å². The van der Waals surface area contributed by atoms with Gasteiger partial charge in [-0.3, -0.25) is 4.98 Å². The van der Waals surface area contributed by atoms with Crippen LogP contribution in [0.3, 0.4) is 0 Å². The second-order valence-electron chi connectivity index (χ2n) is 6.87. The molecule has 0 saturated carbocycles. The SMILES string of the molecule is c1cnc2ccc(-c3ncc4c(-c5ccc6ncncc6c5)c[nH]c4n3)cc2c1. The molecule has 0 aliphatic heterocycles. The van der Waals surface area contributed by atoms with Crippen molar-refractivity contribution in [2.75, 3.05) is 0 Å². The van der Waals surface area contributed by atoms with Crippen molar-refractivity contribution in [3.63, 3.8) is 0 Å². The minimum Gasteiger partial charge on any atom is -0.345 e. The smallest absolute Gasteiger partial charge is 0.161 e. The molecule has 0 aliphatic carbocycles. The summed E-state index contributed by atoms with van der Waals surface area (Å²) in [6.07, 6.45) is 9.03. The molecule has 0 radical (unpaired) electrons. The maximum atomic E-state index is 4.75. The van der Waals surface area contributed by atoms with E-state index >= 15 is 0 Å². The summed E-state index contributed by atoms with van der Waals surface area (Å²) in [6, 6.07) is 16.2. The molecule has 6 nitrogen and oxygen atoms in total. The van der Waals surface area contributed by atoms with Gasteiger partial charge in [0.2, 0.25) is 0 Å². The van der Waals surface area contributed by atoms with E-state index < -0.39 is 0 Å².